The topological polar surface area (TPSA) is 84.2 Å². The summed E-state index contributed by atoms with van der Waals surface area (Å²) in [6, 6.07) is 7.55. The first-order chi connectivity index (χ1) is 9.93. The lowest BCUT2D eigenvalue weighted by Gasteiger charge is -2.15. The van der Waals surface area contributed by atoms with Gasteiger partial charge in [0.25, 0.3) is 0 Å². The van der Waals surface area contributed by atoms with Gasteiger partial charge < -0.3 is 11.1 Å². The Balaban J connectivity index is 2.58. The van der Waals surface area contributed by atoms with Gasteiger partial charge in [-0.05, 0) is 44.5 Å². The molecule has 0 radical (unpaired) electrons. The van der Waals surface area contributed by atoms with Gasteiger partial charge in [0.2, 0.25) is 5.91 Å². The summed E-state index contributed by atoms with van der Waals surface area (Å²) in [6.45, 7) is 6.99. The van der Waals surface area contributed by atoms with E-state index in [4.69, 9.17) is 5.73 Å². The summed E-state index contributed by atoms with van der Waals surface area (Å²) in [5.41, 5.74) is 6.14. The van der Waals surface area contributed by atoms with Crippen LogP contribution in [-0.2, 0) is 4.79 Å². The lowest BCUT2D eigenvalue weighted by atomic mass is 10.1. The van der Waals surface area contributed by atoms with Gasteiger partial charge in [-0.1, -0.05) is 19.1 Å². The van der Waals surface area contributed by atoms with Crippen molar-refractivity contribution < 1.29 is 9.59 Å². The maximum atomic E-state index is 11.6. The van der Waals surface area contributed by atoms with Crippen LogP contribution >= 0.6 is 11.8 Å². The quantitative estimate of drug-likeness (QED) is 0.675. The lowest BCUT2D eigenvalue weighted by Crippen LogP contribution is -2.39. The molecule has 1 rings (SSSR count). The first kappa shape index (κ1) is 17.5. The van der Waals surface area contributed by atoms with Crippen molar-refractivity contribution in [2.45, 2.75) is 43.4 Å². The minimum absolute atomic E-state index is 0.305. The van der Waals surface area contributed by atoms with Gasteiger partial charge in [0, 0.05) is 10.9 Å². The summed E-state index contributed by atoms with van der Waals surface area (Å²) in [7, 11) is 0. The zero-order chi connectivity index (χ0) is 15.8. The maximum Gasteiger partial charge on any atom is 0.318 e. The number of hydrogen-bond acceptors (Lipinski definition) is 4. The smallest absolute Gasteiger partial charge is 0.318 e. The molecular formula is C15H23N3O2S. The van der Waals surface area contributed by atoms with Gasteiger partial charge in [-0.25, -0.2) is 4.79 Å². The van der Waals surface area contributed by atoms with Crippen LogP contribution in [0.1, 0.15) is 38.8 Å². The van der Waals surface area contributed by atoms with Crippen LogP contribution in [0.4, 0.5) is 4.79 Å². The molecule has 116 valence electrons. The number of thioether (sulfide) groups is 1. The molecule has 0 heterocycles. The number of nitrogens with two attached hydrogens (primary N) is 1. The van der Waals surface area contributed by atoms with Crippen LogP contribution in [-0.4, -0.2) is 23.7 Å². The van der Waals surface area contributed by atoms with E-state index in [1.807, 2.05) is 24.3 Å². The van der Waals surface area contributed by atoms with Gasteiger partial charge >= 0.3 is 6.03 Å². The zero-order valence-electron chi connectivity index (χ0n) is 12.7. The summed E-state index contributed by atoms with van der Waals surface area (Å²) in [4.78, 5) is 23.2. The summed E-state index contributed by atoms with van der Waals surface area (Å²) >= 11 is 1.39. The van der Waals surface area contributed by atoms with Crippen molar-refractivity contribution in [1.29, 1.82) is 0 Å². The van der Waals surface area contributed by atoms with E-state index in [1.54, 1.807) is 6.92 Å². The molecule has 2 unspecified atom stereocenters. The Morgan fingerprint density at radius 1 is 1.24 bits per heavy atom. The molecule has 21 heavy (non-hydrogen) atoms. The highest BCUT2D eigenvalue weighted by atomic mass is 32.2. The lowest BCUT2D eigenvalue weighted by molar-refractivity contribution is -0.119. The molecule has 4 N–H and O–H groups in total. The summed E-state index contributed by atoms with van der Waals surface area (Å²) in [5.74, 6) is -0.380. The van der Waals surface area contributed by atoms with Gasteiger partial charge in [-0.2, -0.15) is 0 Å². The van der Waals surface area contributed by atoms with E-state index in [1.165, 1.54) is 17.3 Å². The highest BCUT2D eigenvalue weighted by Gasteiger charge is 2.15. The van der Waals surface area contributed by atoms with Crippen molar-refractivity contribution in [3.63, 3.8) is 0 Å². The number of amides is 3. The summed E-state index contributed by atoms with van der Waals surface area (Å²) in [5, 5.41) is 5.14. The second kappa shape index (κ2) is 8.69. The molecule has 0 fully saturated rings. The van der Waals surface area contributed by atoms with Gasteiger partial charge in [0.05, 0.1) is 5.25 Å². The Morgan fingerprint density at radius 3 is 2.38 bits per heavy atom. The van der Waals surface area contributed by atoms with E-state index in [2.05, 4.69) is 24.5 Å². The van der Waals surface area contributed by atoms with Crippen molar-refractivity contribution in [1.82, 2.24) is 10.6 Å². The standard InChI is InChI=1S/C15H23N3O2S/c1-4-9-17-10(2)12-5-7-13(8-6-12)21-11(3)14(19)18-15(16)20/h5-8,10-11,17H,4,9H2,1-3H3,(H3,16,18,19,20). The van der Waals surface area contributed by atoms with Crippen LogP contribution < -0.4 is 16.4 Å². The average Bonchev–Trinajstić information content (AvgIpc) is 2.44. The maximum absolute atomic E-state index is 11.6. The number of nitrogens with one attached hydrogen (secondary N) is 2. The highest BCUT2D eigenvalue weighted by molar-refractivity contribution is 8.00. The second-order valence-electron chi connectivity index (χ2n) is 4.86. The molecule has 0 saturated heterocycles. The number of primary amides is 1. The van der Waals surface area contributed by atoms with Crippen molar-refractivity contribution in [2.24, 2.45) is 5.73 Å². The molecule has 0 spiro atoms. The third kappa shape index (κ3) is 6.18. The number of benzene rings is 1. The minimum atomic E-state index is -0.821. The summed E-state index contributed by atoms with van der Waals surface area (Å²) < 4.78 is 0. The van der Waals surface area contributed by atoms with Gasteiger partial charge in [0.15, 0.2) is 0 Å². The monoisotopic (exact) mass is 309 g/mol. The molecule has 0 aromatic heterocycles. The highest BCUT2D eigenvalue weighted by Crippen LogP contribution is 2.25. The van der Waals surface area contributed by atoms with E-state index in [9.17, 15) is 9.59 Å². The predicted molar refractivity (Wildman–Crippen MR) is 86.2 cm³/mol. The number of carbonyl (C=O) groups excluding carboxylic acids is 2. The van der Waals surface area contributed by atoms with E-state index < -0.39 is 6.03 Å². The Hall–Kier alpha value is -1.53. The van der Waals surface area contributed by atoms with Crippen LogP contribution in [0.15, 0.2) is 29.2 Å². The fraction of sp³-hybridized carbons (Fsp3) is 0.467. The van der Waals surface area contributed by atoms with E-state index in [0.717, 1.165) is 17.9 Å². The number of urea groups is 1. The molecule has 0 aliphatic rings. The fourth-order valence-electron chi connectivity index (χ4n) is 1.79. The average molecular weight is 309 g/mol. The van der Waals surface area contributed by atoms with E-state index in [-0.39, 0.29) is 11.2 Å². The number of rotatable bonds is 7. The zero-order valence-corrected chi connectivity index (χ0v) is 13.5. The summed E-state index contributed by atoms with van der Waals surface area (Å²) in [6.07, 6.45) is 1.10. The molecule has 0 bridgehead atoms. The van der Waals surface area contributed by atoms with Gasteiger partial charge in [-0.3, -0.25) is 10.1 Å². The Kier molecular flexibility index (Phi) is 7.25. The minimum Gasteiger partial charge on any atom is -0.351 e. The van der Waals surface area contributed by atoms with Crippen LogP contribution in [0.25, 0.3) is 0 Å². The third-order valence-corrected chi connectivity index (χ3v) is 4.12. The Bertz CT molecular complexity index is 476. The van der Waals surface area contributed by atoms with Crippen LogP contribution in [0.3, 0.4) is 0 Å². The fourth-order valence-corrected chi connectivity index (χ4v) is 2.66. The van der Waals surface area contributed by atoms with Crippen molar-refractivity contribution >= 4 is 23.7 Å². The van der Waals surface area contributed by atoms with Crippen LogP contribution in [0.2, 0.25) is 0 Å². The van der Waals surface area contributed by atoms with Crippen molar-refractivity contribution in [3.8, 4) is 0 Å². The van der Waals surface area contributed by atoms with E-state index >= 15 is 0 Å². The predicted octanol–water partition coefficient (Wildman–Crippen LogP) is 2.42. The molecule has 1 aromatic rings. The molecule has 1 aromatic carbocycles. The Morgan fingerprint density at radius 2 is 1.86 bits per heavy atom. The van der Waals surface area contributed by atoms with Gasteiger partial charge in [0.1, 0.15) is 0 Å². The van der Waals surface area contributed by atoms with Crippen molar-refractivity contribution in [2.75, 3.05) is 6.54 Å². The number of imide groups is 1. The first-order valence-corrected chi connectivity index (χ1v) is 7.92. The molecule has 2 atom stereocenters. The SMILES string of the molecule is CCCNC(C)c1ccc(SC(C)C(=O)NC(N)=O)cc1. The molecule has 0 saturated carbocycles. The normalized spacial score (nSPS) is 13.5. The molecule has 3 amide bonds. The number of hydrogen-bond donors (Lipinski definition) is 3. The molecule has 0 aliphatic heterocycles. The van der Waals surface area contributed by atoms with Crippen LogP contribution in [0.5, 0.6) is 0 Å². The second-order valence-corrected chi connectivity index (χ2v) is 6.27. The molecule has 0 aliphatic carbocycles. The number of carbonyl (C=O) groups is 2. The van der Waals surface area contributed by atoms with Crippen LogP contribution in [0, 0.1) is 0 Å². The molecular weight excluding hydrogens is 286 g/mol. The molecule has 5 nitrogen and oxygen atoms in total. The third-order valence-electron chi connectivity index (χ3n) is 3.01. The largest absolute Gasteiger partial charge is 0.351 e. The molecule has 6 heteroatoms. The van der Waals surface area contributed by atoms with Gasteiger partial charge in [-0.15, -0.1) is 11.8 Å². The Labute approximate surface area is 130 Å². The van der Waals surface area contributed by atoms with E-state index in [0.29, 0.717) is 6.04 Å². The van der Waals surface area contributed by atoms with Crippen molar-refractivity contribution in [3.05, 3.63) is 29.8 Å². The first-order valence-electron chi connectivity index (χ1n) is 7.04.